The molecule has 0 radical (unpaired) electrons. The molecule has 96 valence electrons. The highest BCUT2D eigenvalue weighted by Crippen LogP contribution is 2.19. The third-order valence-corrected chi connectivity index (χ3v) is 2.97. The van der Waals surface area contributed by atoms with E-state index < -0.39 is 0 Å². The summed E-state index contributed by atoms with van der Waals surface area (Å²) in [4.78, 5) is 13.8. The Kier molecular flexibility index (Phi) is 8.61. The number of nitrogens with zero attached hydrogens (tertiary/aromatic N) is 1. The van der Waals surface area contributed by atoms with E-state index in [4.69, 9.17) is 10.5 Å². The minimum Gasteiger partial charge on any atom is -0.384 e. The number of rotatable bonds is 5. The van der Waals surface area contributed by atoms with Crippen LogP contribution < -0.4 is 5.73 Å². The van der Waals surface area contributed by atoms with Crippen LogP contribution in [0.2, 0.25) is 0 Å². The van der Waals surface area contributed by atoms with E-state index in [1.807, 2.05) is 4.90 Å². The minimum absolute atomic E-state index is 0. The molecule has 1 unspecified atom stereocenters. The summed E-state index contributed by atoms with van der Waals surface area (Å²) in [7, 11) is 1.63. The average molecular weight is 251 g/mol. The van der Waals surface area contributed by atoms with Crippen molar-refractivity contribution in [3.63, 3.8) is 0 Å². The fraction of sp³-hybridized carbons (Fsp3) is 0.909. The van der Waals surface area contributed by atoms with Gasteiger partial charge in [-0.3, -0.25) is 4.79 Å². The largest absolute Gasteiger partial charge is 0.384 e. The molecule has 1 aliphatic rings. The minimum atomic E-state index is 0. The fourth-order valence-corrected chi connectivity index (χ4v) is 2.15. The highest BCUT2D eigenvalue weighted by atomic mass is 35.5. The lowest BCUT2D eigenvalue weighted by Crippen LogP contribution is -2.44. The Morgan fingerprint density at radius 3 is 2.88 bits per heavy atom. The molecule has 0 aromatic heterocycles. The molecule has 1 fully saturated rings. The molecule has 1 atom stereocenters. The summed E-state index contributed by atoms with van der Waals surface area (Å²) in [6, 6.07) is 0.369. The quantitative estimate of drug-likeness (QED) is 0.797. The van der Waals surface area contributed by atoms with Crippen LogP contribution in [0.5, 0.6) is 0 Å². The topological polar surface area (TPSA) is 55.6 Å². The molecule has 1 rings (SSSR count). The van der Waals surface area contributed by atoms with Gasteiger partial charge in [0, 0.05) is 19.7 Å². The first kappa shape index (κ1) is 15.7. The molecular weight excluding hydrogens is 228 g/mol. The van der Waals surface area contributed by atoms with Crippen molar-refractivity contribution < 1.29 is 9.53 Å². The number of amides is 1. The van der Waals surface area contributed by atoms with Crippen molar-refractivity contribution in [2.45, 2.75) is 38.1 Å². The lowest BCUT2D eigenvalue weighted by Gasteiger charge is -2.35. The van der Waals surface area contributed by atoms with Crippen LogP contribution in [-0.4, -0.2) is 43.7 Å². The van der Waals surface area contributed by atoms with Crippen molar-refractivity contribution in [3.8, 4) is 0 Å². The SMILES string of the molecule is COCCC(=O)N1CCCCC1CCN.Cl. The molecule has 0 spiro atoms. The van der Waals surface area contributed by atoms with Crippen molar-refractivity contribution in [1.82, 2.24) is 4.90 Å². The van der Waals surface area contributed by atoms with Gasteiger partial charge in [-0.15, -0.1) is 12.4 Å². The monoisotopic (exact) mass is 250 g/mol. The van der Waals surface area contributed by atoms with E-state index in [-0.39, 0.29) is 18.3 Å². The lowest BCUT2D eigenvalue weighted by atomic mass is 9.99. The van der Waals surface area contributed by atoms with Crippen LogP contribution in [0, 0.1) is 0 Å². The van der Waals surface area contributed by atoms with Gasteiger partial charge < -0.3 is 15.4 Å². The third-order valence-electron chi connectivity index (χ3n) is 2.97. The van der Waals surface area contributed by atoms with Gasteiger partial charge >= 0.3 is 0 Å². The smallest absolute Gasteiger partial charge is 0.225 e. The number of halogens is 1. The highest BCUT2D eigenvalue weighted by Gasteiger charge is 2.25. The second-order valence-electron chi connectivity index (χ2n) is 4.06. The van der Waals surface area contributed by atoms with Crippen LogP contribution in [0.15, 0.2) is 0 Å². The third kappa shape index (κ3) is 4.68. The predicted octanol–water partition coefficient (Wildman–Crippen LogP) is 1.17. The first-order chi connectivity index (χ1) is 7.29. The van der Waals surface area contributed by atoms with Gasteiger partial charge in [0.2, 0.25) is 5.91 Å². The molecule has 2 N–H and O–H groups in total. The van der Waals surface area contributed by atoms with Crippen LogP contribution in [-0.2, 0) is 9.53 Å². The van der Waals surface area contributed by atoms with Gasteiger partial charge in [0.25, 0.3) is 0 Å². The number of carbonyl (C=O) groups excluding carboxylic acids is 1. The Bertz CT molecular complexity index is 200. The van der Waals surface area contributed by atoms with Crippen molar-refractivity contribution in [1.29, 1.82) is 0 Å². The molecule has 5 heteroatoms. The Labute approximate surface area is 104 Å². The Balaban J connectivity index is 0.00000225. The second-order valence-corrected chi connectivity index (χ2v) is 4.06. The van der Waals surface area contributed by atoms with Gasteiger partial charge in [0.05, 0.1) is 13.0 Å². The maximum Gasteiger partial charge on any atom is 0.225 e. The first-order valence-corrected chi connectivity index (χ1v) is 5.78. The van der Waals surface area contributed by atoms with Crippen molar-refractivity contribution >= 4 is 18.3 Å². The van der Waals surface area contributed by atoms with Crippen LogP contribution >= 0.6 is 12.4 Å². The standard InChI is InChI=1S/C11H22N2O2.ClH/c1-15-9-6-11(14)13-8-3-2-4-10(13)5-7-12;/h10H,2-9,12H2,1H3;1H. The Morgan fingerprint density at radius 2 is 2.25 bits per heavy atom. The Hall–Kier alpha value is -0.320. The summed E-state index contributed by atoms with van der Waals surface area (Å²) in [5, 5.41) is 0. The van der Waals surface area contributed by atoms with Crippen LogP contribution in [0.1, 0.15) is 32.1 Å². The first-order valence-electron chi connectivity index (χ1n) is 5.78. The number of hydrogen-bond donors (Lipinski definition) is 1. The van der Waals surface area contributed by atoms with E-state index in [2.05, 4.69) is 0 Å². The van der Waals surface area contributed by atoms with E-state index in [9.17, 15) is 4.79 Å². The molecule has 0 aromatic carbocycles. The van der Waals surface area contributed by atoms with E-state index in [1.165, 1.54) is 6.42 Å². The summed E-state index contributed by atoms with van der Waals surface area (Å²) in [5.41, 5.74) is 5.56. The van der Waals surface area contributed by atoms with Gasteiger partial charge in [-0.2, -0.15) is 0 Å². The van der Waals surface area contributed by atoms with Gasteiger partial charge in [-0.25, -0.2) is 0 Å². The maximum atomic E-state index is 11.8. The number of nitrogens with two attached hydrogens (primary N) is 1. The number of piperidine rings is 1. The van der Waals surface area contributed by atoms with Crippen molar-refractivity contribution in [2.24, 2.45) is 5.73 Å². The summed E-state index contributed by atoms with van der Waals surface area (Å²) >= 11 is 0. The molecule has 1 heterocycles. The van der Waals surface area contributed by atoms with E-state index >= 15 is 0 Å². The molecule has 1 amide bonds. The summed E-state index contributed by atoms with van der Waals surface area (Å²) < 4.78 is 4.93. The van der Waals surface area contributed by atoms with Gasteiger partial charge in [-0.1, -0.05) is 0 Å². The molecule has 0 bridgehead atoms. The average Bonchev–Trinajstić information content (AvgIpc) is 2.27. The molecule has 1 aliphatic heterocycles. The summed E-state index contributed by atoms with van der Waals surface area (Å²) in [6.45, 7) is 2.08. The molecule has 0 aliphatic carbocycles. The number of methoxy groups -OCH3 is 1. The second kappa shape index (κ2) is 8.79. The number of carbonyl (C=O) groups is 1. The number of likely N-dealkylation sites (tertiary alicyclic amines) is 1. The van der Waals surface area contributed by atoms with Crippen molar-refractivity contribution in [2.75, 3.05) is 26.8 Å². The van der Waals surface area contributed by atoms with Gasteiger partial charge in [0.15, 0.2) is 0 Å². The van der Waals surface area contributed by atoms with Gasteiger partial charge in [0.1, 0.15) is 0 Å². The molecule has 0 aromatic rings. The zero-order chi connectivity index (χ0) is 11.1. The molecule has 1 saturated heterocycles. The Morgan fingerprint density at radius 1 is 1.50 bits per heavy atom. The highest BCUT2D eigenvalue weighted by molar-refractivity contribution is 5.85. The van der Waals surface area contributed by atoms with Gasteiger partial charge in [-0.05, 0) is 32.2 Å². The maximum absolute atomic E-state index is 11.8. The van der Waals surface area contributed by atoms with E-state index in [0.717, 1.165) is 25.8 Å². The number of hydrogen-bond acceptors (Lipinski definition) is 3. The van der Waals surface area contributed by atoms with E-state index in [0.29, 0.717) is 25.6 Å². The van der Waals surface area contributed by atoms with Crippen LogP contribution in [0.25, 0.3) is 0 Å². The lowest BCUT2D eigenvalue weighted by molar-refractivity contribution is -0.135. The van der Waals surface area contributed by atoms with Crippen LogP contribution in [0.4, 0.5) is 0 Å². The molecule has 4 nitrogen and oxygen atoms in total. The number of ether oxygens (including phenoxy) is 1. The van der Waals surface area contributed by atoms with Crippen LogP contribution in [0.3, 0.4) is 0 Å². The van der Waals surface area contributed by atoms with Crippen molar-refractivity contribution in [3.05, 3.63) is 0 Å². The zero-order valence-corrected chi connectivity index (χ0v) is 10.8. The fourth-order valence-electron chi connectivity index (χ4n) is 2.15. The zero-order valence-electron chi connectivity index (χ0n) is 9.98. The normalized spacial score (nSPS) is 20.4. The molecular formula is C11H23ClN2O2. The predicted molar refractivity (Wildman–Crippen MR) is 66.8 cm³/mol. The van der Waals surface area contributed by atoms with E-state index in [1.54, 1.807) is 7.11 Å². The molecule has 16 heavy (non-hydrogen) atoms. The summed E-state index contributed by atoms with van der Waals surface area (Å²) in [5.74, 6) is 0.218. The summed E-state index contributed by atoms with van der Waals surface area (Å²) in [6.07, 6.45) is 4.88. The molecule has 0 saturated carbocycles.